The first kappa shape index (κ1) is 21.6. The minimum Gasteiger partial charge on any atom is -0.493 e. The Morgan fingerprint density at radius 1 is 0.821 bits per heavy atom. The number of halogens is 1. The molecule has 0 saturated heterocycles. The van der Waals surface area contributed by atoms with Gasteiger partial charge in [-0.3, -0.25) is 4.98 Å². The average molecular weight is 404 g/mol. The summed E-state index contributed by atoms with van der Waals surface area (Å²) in [5.41, 5.74) is 3.05. The van der Waals surface area contributed by atoms with Crippen LogP contribution in [0.15, 0.2) is 36.4 Å². The third kappa shape index (κ3) is 4.42. The lowest BCUT2D eigenvalue weighted by molar-refractivity contribution is 0.310. The second-order valence-corrected chi connectivity index (χ2v) is 6.23. The van der Waals surface area contributed by atoms with Crippen molar-refractivity contribution in [1.82, 2.24) is 4.98 Å². The Balaban J connectivity index is 0.00000280. The Hall–Kier alpha value is -2.66. The molecule has 0 aliphatic carbocycles. The van der Waals surface area contributed by atoms with Crippen LogP contribution in [-0.4, -0.2) is 32.9 Å². The van der Waals surface area contributed by atoms with Crippen molar-refractivity contribution in [3.63, 3.8) is 0 Å². The molecular weight excluding hydrogens is 378 g/mol. The molecule has 150 valence electrons. The molecule has 0 saturated carbocycles. The number of fused-ring (bicyclic) bond motifs is 1. The molecule has 0 unspecified atom stereocenters. The molecule has 0 spiro atoms. The van der Waals surface area contributed by atoms with Gasteiger partial charge in [0.2, 0.25) is 0 Å². The zero-order valence-corrected chi connectivity index (χ0v) is 17.7. The van der Waals surface area contributed by atoms with Gasteiger partial charge in [0.05, 0.1) is 33.6 Å². The van der Waals surface area contributed by atoms with E-state index in [0.717, 1.165) is 39.2 Å². The minimum absolute atomic E-state index is 0. The number of aromatic nitrogens is 1. The number of hydrogen-bond donors (Lipinski definition) is 0. The molecule has 0 N–H and O–H groups in total. The highest BCUT2D eigenvalue weighted by Crippen LogP contribution is 2.35. The summed E-state index contributed by atoms with van der Waals surface area (Å²) in [5.74, 6) is 2.88. The van der Waals surface area contributed by atoms with Crippen LogP contribution in [0.2, 0.25) is 0 Å². The molecule has 0 radical (unpaired) electrons. The zero-order valence-electron chi connectivity index (χ0n) is 16.9. The van der Waals surface area contributed by atoms with Gasteiger partial charge in [-0.15, -0.1) is 12.4 Å². The van der Waals surface area contributed by atoms with Crippen LogP contribution in [0.5, 0.6) is 23.0 Å². The molecule has 0 aliphatic rings. The Morgan fingerprint density at radius 2 is 1.46 bits per heavy atom. The van der Waals surface area contributed by atoms with Gasteiger partial charge in [-0.2, -0.15) is 0 Å². The van der Waals surface area contributed by atoms with E-state index in [1.54, 1.807) is 21.3 Å². The lowest BCUT2D eigenvalue weighted by Gasteiger charge is -2.14. The number of nitrogens with zero attached hydrogens (tertiary/aromatic N) is 1. The number of pyridine rings is 1. The first-order chi connectivity index (χ1) is 13.1. The van der Waals surface area contributed by atoms with E-state index in [-0.39, 0.29) is 12.4 Å². The number of hydrogen-bond acceptors (Lipinski definition) is 5. The zero-order chi connectivity index (χ0) is 19.4. The van der Waals surface area contributed by atoms with Gasteiger partial charge in [0.15, 0.2) is 23.0 Å². The smallest absolute Gasteiger partial charge is 0.161 e. The number of rotatable bonds is 7. The monoisotopic (exact) mass is 403 g/mol. The lowest BCUT2D eigenvalue weighted by Crippen LogP contribution is -2.00. The minimum atomic E-state index is 0. The van der Waals surface area contributed by atoms with Gasteiger partial charge in [0.25, 0.3) is 0 Å². The molecule has 0 atom stereocenters. The van der Waals surface area contributed by atoms with Crippen molar-refractivity contribution in [2.45, 2.75) is 20.3 Å². The van der Waals surface area contributed by atoms with Crippen LogP contribution in [-0.2, 0) is 6.42 Å². The van der Waals surface area contributed by atoms with E-state index in [0.29, 0.717) is 24.5 Å². The summed E-state index contributed by atoms with van der Waals surface area (Å²) >= 11 is 0. The SMILES string of the molecule is CCOc1ccc(Cc2nc(C)cc3cc(OC)c(OC)cc23)cc1OC.Cl. The van der Waals surface area contributed by atoms with Crippen molar-refractivity contribution >= 4 is 23.2 Å². The highest BCUT2D eigenvalue weighted by Gasteiger charge is 2.13. The van der Waals surface area contributed by atoms with Gasteiger partial charge in [0, 0.05) is 17.5 Å². The van der Waals surface area contributed by atoms with Crippen molar-refractivity contribution in [3.8, 4) is 23.0 Å². The third-order valence-corrected chi connectivity index (χ3v) is 4.44. The van der Waals surface area contributed by atoms with Crippen LogP contribution in [0, 0.1) is 6.92 Å². The summed E-state index contributed by atoms with van der Waals surface area (Å²) in [7, 11) is 4.94. The first-order valence-electron chi connectivity index (χ1n) is 8.91. The summed E-state index contributed by atoms with van der Waals surface area (Å²) in [5, 5.41) is 2.12. The fraction of sp³-hybridized carbons (Fsp3) is 0.318. The molecule has 2 aromatic carbocycles. The van der Waals surface area contributed by atoms with E-state index >= 15 is 0 Å². The summed E-state index contributed by atoms with van der Waals surface area (Å²) in [4.78, 5) is 4.77. The van der Waals surface area contributed by atoms with Crippen molar-refractivity contribution in [2.24, 2.45) is 0 Å². The summed E-state index contributed by atoms with van der Waals surface area (Å²) in [6, 6.07) is 12.0. The molecule has 1 heterocycles. The predicted molar refractivity (Wildman–Crippen MR) is 114 cm³/mol. The Morgan fingerprint density at radius 3 is 2.11 bits per heavy atom. The highest BCUT2D eigenvalue weighted by atomic mass is 35.5. The molecule has 5 nitrogen and oxygen atoms in total. The molecule has 3 aromatic rings. The van der Waals surface area contributed by atoms with Crippen LogP contribution in [0.4, 0.5) is 0 Å². The van der Waals surface area contributed by atoms with E-state index < -0.39 is 0 Å². The third-order valence-electron chi connectivity index (χ3n) is 4.44. The van der Waals surface area contributed by atoms with Crippen LogP contribution in [0.1, 0.15) is 23.9 Å². The van der Waals surface area contributed by atoms with Gasteiger partial charge >= 0.3 is 0 Å². The molecule has 0 bridgehead atoms. The Labute approximate surface area is 172 Å². The number of methoxy groups -OCH3 is 3. The largest absolute Gasteiger partial charge is 0.493 e. The second-order valence-electron chi connectivity index (χ2n) is 6.23. The van der Waals surface area contributed by atoms with Crippen molar-refractivity contribution < 1.29 is 18.9 Å². The maximum absolute atomic E-state index is 5.61. The average Bonchev–Trinajstić information content (AvgIpc) is 2.68. The van der Waals surface area contributed by atoms with Gasteiger partial charge in [-0.1, -0.05) is 6.07 Å². The quantitative estimate of drug-likeness (QED) is 0.556. The van der Waals surface area contributed by atoms with E-state index in [1.807, 2.05) is 44.2 Å². The van der Waals surface area contributed by atoms with Gasteiger partial charge in [0.1, 0.15) is 0 Å². The van der Waals surface area contributed by atoms with Gasteiger partial charge in [-0.05, 0) is 55.1 Å². The second kappa shape index (κ2) is 9.51. The molecule has 28 heavy (non-hydrogen) atoms. The number of aryl methyl sites for hydroxylation is 1. The maximum Gasteiger partial charge on any atom is 0.161 e. The van der Waals surface area contributed by atoms with E-state index in [9.17, 15) is 0 Å². The molecular formula is C22H26ClNO4. The highest BCUT2D eigenvalue weighted by molar-refractivity contribution is 5.88. The molecule has 1 aromatic heterocycles. The number of benzene rings is 2. The van der Waals surface area contributed by atoms with E-state index in [1.165, 1.54) is 0 Å². The van der Waals surface area contributed by atoms with E-state index in [4.69, 9.17) is 23.9 Å². The van der Waals surface area contributed by atoms with Crippen LogP contribution in [0.3, 0.4) is 0 Å². The summed E-state index contributed by atoms with van der Waals surface area (Å²) in [6.45, 7) is 4.55. The number of ether oxygens (including phenoxy) is 4. The summed E-state index contributed by atoms with van der Waals surface area (Å²) in [6.07, 6.45) is 0.677. The molecule has 3 rings (SSSR count). The van der Waals surface area contributed by atoms with Crippen LogP contribution < -0.4 is 18.9 Å². The van der Waals surface area contributed by atoms with Crippen molar-refractivity contribution in [3.05, 3.63) is 53.3 Å². The van der Waals surface area contributed by atoms with Crippen LogP contribution >= 0.6 is 12.4 Å². The van der Waals surface area contributed by atoms with Crippen LogP contribution in [0.25, 0.3) is 10.8 Å². The van der Waals surface area contributed by atoms with Crippen molar-refractivity contribution in [1.29, 1.82) is 0 Å². The molecule has 0 fully saturated rings. The summed E-state index contributed by atoms with van der Waals surface area (Å²) < 4.78 is 22.0. The van der Waals surface area contributed by atoms with Crippen molar-refractivity contribution in [2.75, 3.05) is 27.9 Å². The lowest BCUT2D eigenvalue weighted by atomic mass is 10.0. The topological polar surface area (TPSA) is 49.8 Å². The van der Waals surface area contributed by atoms with Gasteiger partial charge < -0.3 is 18.9 Å². The van der Waals surface area contributed by atoms with Gasteiger partial charge in [-0.25, -0.2) is 0 Å². The Bertz CT molecular complexity index is 959. The predicted octanol–water partition coefficient (Wildman–Crippen LogP) is 4.98. The molecule has 0 aliphatic heterocycles. The van der Waals surface area contributed by atoms with E-state index in [2.05, 4.69) is 6.07 Å². The molecule has 6 heteroatoms. The first-order valence-corrected chi connectivity index (χ1v) is 8.91. The fourth-order valence-corrected chi connectivity index (χ4v) is 3.22. The Kier molecular flexibility index (Phi) is 7.35. The fourth-order valence-electron chi connectivity index (χ4n) is 3.22. The maximum atomic E-state index is 5.61. The molecule has 0 amide bonds. The normalized spacial score (nSPS) is 10.3. The standard InChI is InChI=1S/C22H25NO4.ClH/c1-6-27-19-8-7-15(11-20(19)24-3)10-18-17-13-22(26-5)21(25-4)12-16(17)9-14(2)23-18;/h7-9,11-13H,6,10H2,1-5H3;1H.